The summed E-state index contributed by atoms with van der Waals surface area (Å²) in [7, 11) is 3.66. The van der Waals surface area contributed by atoms with Gasteiger partial charge in [0.25, 0.3) is 0 Å². The summed E-state index contributed by atoms with van der Waals surface area (Å²) in [5.41, 5.74) is 6.11. The third-order valence-electron chi connectivity index (χ3n) is 7.02. The van der Waals surface area contributed by atoms with Crippen LogP contribution in [-0.4, -0.2) is 64.6 Å². The van der Waals surface area contributed by atoms with E-state index in [-0.39, 0.29) is 6.10 Å². The average molecular weight is 575 g/mol. The van der Waals surface area contributed by atoms with Gasteiger partial charge >= 0.3 is 0 Å². The molecule has 2 aromatic carbocycles. The fourth-order valence-electron chi connectivity index (χ4n) is 4.90. The maximum atomic E-state index is 9.93. The number of anilines is 6. The Bertz CT molecular complexity index is 1650. The molecule has 1 aliphatic rings. The molecule has 3 N–H and O–H groups in total. The number of fused-ring (bicyclic) bond motifs is 2. The van der Waals surface area contributed by atoms with E-state index in [1.54, 1.807) is 42.8 Å². The van der Waals surface area contributed by atoms with Crippen LogP contribution in [0.25, 0.3) is 21.3 Å². The Hall–Kier alpha value is -3.87. The fourth-order valence-corrected chi connectivity index (χ4v) is 6.04. The first-order valence-electron chi connectivity index (χ1n) is 13.0. The highest BCUT2D eigenvalue weighted by Crippen LogP contribution is 2.39. The van der Waals surface area contributed by atoms with Crippen molar-refractivity contribution in [1.82, 2.24) is 19.9 Å². The van der Waals surface area contributed by atoms with Crippen LogP contribution in [0, 0.1) is 0 Å². The molecular weight excluding hydrogens is 544 g/mol. The van der Waals surface area contributed by atoms with Gasteiger partial charge in [0.1, 0.15) is 11.3 Å². The molecule has 0 spiro atoms. The lowest BCUT2D eigenvalue weighted by molar-refractivity contribution is 0.145. The van der Waals surface area contributed by atoms with Gasteiger partial charge in [0.05, 0.1) is 46.0 Å². The van der Waals surface area contributed by atoms with E-state index < -0.39 is 0 Å². The molecule has 10 nitrogen and oxygen atoms in total. The van der Waals surface area contributed by atoms with Crippen LogP contribution in [0.15, 0.2) is 54.2 Å². The first-order chi connectivity index (χ1) is 19.5. The number of benzene rings is 2. The molecule has 3 aromatic heterocycles. The molecule has 6 rings (SSSR count). The molecule has 1 fully saturated rings. The maximum absolute atomic E-state index is 9.93. The molecule has 0 bridgehead atoms. The van der Waals surface area contributed by atoms with Crippen LogP contribution in [0.3, 0.4) is 0 Å². The van der Waals surface area contributed by atoms with E-state index in [2.05, 4.69) is 35.9 Å². The Kier molecular flexibility index (Phi) is 7.46. The number of hydrogen-bond acceptors (Lipinski definition) is 12. The Morgan fingerprint density at radius 3 is 2.65 bits per heavy atom. The van der Waals surface area contributed by atoms with Crippen LogP contribution in [0.4, 0.5) is 34.5 Å². The molecule has 1 saturated heterocycles. The smallest absolute Gasteiger partial charge is 0.229 e. The van der Waals surface area contributed by atoms with Gasteiger partial charge in [0.15, 0.2) is 5.82 Å². The molecule has 40 heavy (non-hydrogen) atoms. The third kappa shape index (κ3) is 5.17. The van der Waals surface area contributed by atoms with Crippen molar-refractivity contribution >= 4 is 79.1 Å². The predicted molar refractivity (Wildman–Crippen MR) is 166 cm³/mol. The van der Waals surface area contributed by atoms with Gasteiger partial charge in [-0.05, 0) is 54.6 Å². The van der Waals surface area contributed by atoms with E-state index in [0.29, 0.717) is 17.5 Å². The van der Waals surface area contributed by atoms with E-state index in [4.69, 9.17) is 14.7 Å². The first-order valence-corrected chi connectivity index (χ1v) is 15.0. The van der Waals surface area contributed by atoms with Crippen molar-refractivity contribution in [2.75, 3.05) is 53.3 Å². The number of piperidine rings is 1. The van der Waals surface area contributed by atoms with Crippen LogP contribution < -0.4 is 24.6 Å². The summed E-state index contributed by atoms with van der Waals surface area (Å²) in [4.78, 5) is 21.1. The lowest BCUT2D eigenvalue weighted by Crippen LogP contribution is -2.35. The zero-order chi connectivity index (χ0) is 27.6. The molecule has 206 valence electrons. The van der Waals surface area contributed by atoms with Crippen LogP contribution in [-0.2, 0) is 0 Å². The molecule has 1 aliphatic heterocycles. The molecule has 0 aliphatic carbocycles. The lowest BCUT2D eigenvalue weighted by Gasteiger charge is -2.32. The molecule has 0 saturated carbocycles. The number of thiophene rings is 1. The van der Waals surface area contributed by atoms with E-state index >= 15 is 0 Å². The topological polar surface area (TPSA) is 112 Å². The molecule has 4 heterocycles. The summed E-state index contributed by atoms with van der Waals surface area (Å²) in [6.07, 6.45) is 6.73. The average Bonchev–Trinajstić information content (AvgIpc) is 3.46. The van der Waals surface area contributed by atoms with Crippen LogP contribution in [0.2, 0.25) is 0 Å². The van der Waals surface area contributed by atoms with Crippen LogP contribution in [0.1, 0.15) is 12.8 Å². The van der Waals surface area contributed by atoms with E-state index in [1.807, 2.05) is 49.0 Å². The molecule has 0 unspecified atom stereocenters. The van der Waals surface area contributed by atoms with Gasteiger partial charge in [-0.15, -0.1) is 11.3 Å². The first kappa shape index (κ1) is 26.4. The number of methoxy groups -OCH3 is 1. The largest absolute Gasteiger partial charge is 0.495 e. The van der Waals surface area contributed by atoms with Gasteiger partial charge in [-0.2, -0.15) is 4.98 Å². The zero-order valence-corrected chi connectivity index (χ0v) is 24.1. The quantitative estimate of drug-likeness (QED) is 0.195. The van der Waals surface area contributed by atoms with Gasteiger partial charge in [-0.1, -0.05) is 11.9 Å². The minimum absolute atomic E-state index is 0.227. The summed E-state index contributed by atoms with van der Waals surface area (Å²) >= 11 is 3.18. The van der Waals surface area contributed by atoms with Crippen molar-refractivity contribution in [2.45, 2.75) is 18.9 Å². The highest BCUT2D eigenvalue weighted by atomic mass is 32.2. The van der Waals surface area contributed by atoms with Crippen molar-refractivity contribution in [1.29, 1.82) is 0 Å². The molecule has 0 radical (unpaired) electrons. The van der Waals surface area contributed by atoms with Gasteiger partial charge in [-0.3, -0.25) is 9.97 Å². The summed E-state index contributed by atoms with van der Waals surface area (Å²) < 4.78 is 8.68. The Morgan fingerprint density at radius 1 is 1.02 bits per heavy atom. The monoisotopic (exact) mass is 574 g/mol. The van der Waals surface area contributed by atoms with E-state index in [9.17, 15) is 5.11 Å². The molecule has 0 amide bonds. The number of nitrogens with one attached hydrogen (secondary N) is 2. The van der Waals surface area contributed by atoms with Gasteiger partial charge in [0.2, 0.25) is 5.95 Å². The Balaban J connectivity index is 1.37. The molecular formula is C28H30N8O2S2. The third-order valence-corrected chi connectivity index (χ3v) is 8.66. The van der Waals surface area contributed by atoms with E-state index in [1.165, 1.54) is 0 Å². The number of ether oxygens (including phenoxy) is 1. The summed E-state index contributed by atoms with van der Waals surface area (Å²) in [6, 6.07) is 12.0. The Labute approximate surface area is 240 Å². The normalized spacial score (nSPS) is 14.1. The Morgan fingerprint density at radius 2 is 1.85 bits per heavy atom. The minimum atomic E-state index is -0.227. The van der Waals surface area contributed by atoms with Crippen molar-refractivity contribution in [2.24, 2.45) is 0 Å². The molecule has 0 atom stereocenters. The molecule has 12 heteroatoms. The highest BCUT2D eigenvalue weighted by molar-refractivity contribution is 7.99. The van der Waals surface area contributed by atoms with Crippen molar-refractivity contribution < 1.29 is 9.84 Å². The van der Waals surface area contributed by atoms with Crippen LogP contribution in [0.5, 0.6) is 5.75 Å². The standard InChI is InChI=1S/C28H30N8O2S2/c1-35(39-3)25-20(6-5-19-24(25)30-12-11-29-19)31-27-26-21(10-15-40-26)32-28(34-27)33-22-16-17(4-7-23(22)38-2)36-13-8-18(37)9-14-36/h4-7,10-12,15-16,18,37H,8-9,13-14H2,1-3H3,(H2,31,32,33,34). The number of nitrogens with zero attached hydrogens (tertiary/aromatic N) is 6. The number of aromatic nitrogens is 4. The number of rotatable bonds is 8. The van der Waals surface area contributed by atoms with Crippen molar-refractivity contribution in [3.05, 3.63) is 54.2 Å². The second kappa shape index (κ2) is 11.3. The van der Waals surface area contributed by atoms with E-state index in [0.717, 1.165) is 69.9 Å². The zero-order valence-electron chi connectivity index (χ0n) is 22.5. The van der Waals surface area contributed by atoms with Crippen molar-refractivity contribution in [3.8, 4) is 5.75 Å². The van der Waals surface area contributed by atoms with Gasteiger partial charge < -0.3 is 29.7 Å². The summed E-state index contributed by atoms with van der Waals surface area (Å²) in [5, 5.41) is 18.9. The fraction of sp³-hybridized carbons (Fsp3) is 0.286. The van der Waals surface area contributed by atoms with Crippen molar-refractivity contribution in [3.63, 3.8) is 0 Å². The number of aliphatic hydroxyl groups excluding tert-OH is 1. The molecule has 5 aromatic rings. The SMILES string of the molecule is COc1ccc(N2CCC(O)CC2)cc1Nc1nc(Nc2ccc3nccnc3c2N(C)SC)c2sccc2n1. The lowest BCUT2D eigenvalue weighted by atomic mass is 10.1. The maximum Gasteiger partial charge on any atom is 0.229 e. The minimum Gasteiger partial charge on any atom is -0.495 e. The second-order valence-electron chi connectivity index (χ2n) is 9.45. The number of hydrogen-bond donors (Lipinski definition) is 3. The second-order valence-corrected chi connectivity index (χ2v) is 11.3. The number of aliphatic hydroxyl groups is 1. The van der Waals surface area contributed by atoms with Gasteiger partial charge in [-0.25, -0.2) is 4.98 Å². The highest BCUT2D eigenvalue weighted by Gasteiger charge is 2.20. The summed E-state index contributed by atoms with van der Waals surface area (Å²) in [6.45, 7) is 1.61. The summed E-state index contributed by atoms with van der Waals surface area (Å²) in [5.74, 6) is 1.85. The predicted octanol–water partition coefficient (Wildman–Crippen LogP) is 5.81. The van der Waals surface area contributed by atoms with Gasteiger partial charge in [0, 0.05) is 44.5 Å². The van der Waals surface area contributed by atoms with Crippen LogP contribution >= 0.6 is 23.3 Å².